The van der Waals surface area contributed by atoms with Crippen LogP contribution in [0.1, 0.15) is 42.5 Å². The molecule has 2 heterocycles. The van der Waals surface area contributed by atoms with Crippen molar-refractivity contribution < 1.29 is 14.4 Å². The van der Waals surface area contributed by atoms with Crippen molar-refractivity contribution in [1.29, 1.82) is 5.41 Å². The third-order valence-corrected chi connectivity index (χ3v) is 5.19. The molecule has 0 aliphatic carbocycles. The molecule has 8 heteroatoms. The quantitative estimate of drug-likeness (QED) is 0.605. The van der Waals surface area contributed by atoms with Crippen molar-refractivity contribution in [2.45, 2.75) is 32.1 Å². The number of rotatable bonds is 4. The van der Waals surface area contributed by atoms with E-state index in [2.05, 4.69) is 0 Å². The lowest BCUT2D eigenvalue weighted by molar-refractivity contribution is -0.149. The van der Waals surface area contributed by atoms with Crippen LogP contribution < -0.4 is 10.5 Å². The van der Waals surface area contributed by atoms with Gasteiger partial charge in [-0.05, 0) is 37.5 Å². The number of carbonyl (C=O) groups is 1. The van der Waals surface area contributed by atoms with E-state index in [-0.39, 0.29) is 17.8 Å². The molecule has 3 rings (SSSR count). The third-order valence-electron chi connectivity index (χ3n) is 4.97. The van der Waals surface area contributed by atoms with Crippen LogP contribution in [0.15, 0.2) is 18.2 Å². The molecule has 0 radical (unpaired) electrons. The topological polar surface area (TPSA) is 91.9 Å². The molecule has 1 amide bonds. The molecule has 0 saturated carbocycles. The Bertz CT molecular complexity index is 669. The third kappa shape index (κ3) is 5.49. The molecule has 0 bridgehead atoms. The molecule has 1 unspecified atom stereocenters. The maximum absolute atomic E-state index is 12.8. The molecule has 0 aromatic heterocycles. The van der Waals surface area contributed by atoms with Crippen molar-refractivity contribution in [3.63, 3.8) is 0 Å². The van der Waals surface area contributed by atoms with Gasteiger partial charge in [0.15, 0.2) is 0 Å². The Morgan fingerprint density at radius 2 is 1.96 bits per heavy atom. The summed E-state index contributed by atoms with van der Waals surface area (Å²) in [6.45, 7) is 3.07. The lowest BCUT2D eigenvalue weighted by Gasteiger charge is -2.31. The lowest BCUT2D eigenvalue weighted by Crippen LogP contribution is -2.43. The highest BCUT2D eigenvalue weighted by Gasteiger charge is 2.22. The smallest absolute Gasteiger partial charge is 0.254 e. The molecular formula is C19H27ClN4O3. The normalized spacial score (nSPS) is 20.9. The minimum absolute atomic E-state index is 0.0161. The number of halogens is 1. The van der Waals surface area contributed by atoms with Crippen LogP contribution in [0.3, 0.4) is 0 Å². The zero-order valence-electron chi connectivity index (χ0n) is 15.5. The molecule has 148 valence electrons. The number of amides is 1. The predicted octanol–water partition coefficient (Wildman–Crippen LogP) is 2.88. The first-order valence-electron chi connectivity index (χ1n) is 9.50. The maximum atomic E-state index is 12.8. The van der Waals surface area contributed by atoms with Crippen LogP contribution in [-0.4, -0.2) is 54.7 Å². The van der Waals surface area contributed by atoms with Crippen LogP contribution in [0.5, 0.6) is 5.75 Å². The van der Waals surface area contributed by atoms with E-state index in [0.717, 1.165) is 32.4 Å². The Morgan fingerprint density at radius 3 is 2.59 bits per heavy atom. The molecule has 3 N–H and O–H groups in total. The summed E-state index contributed by atoms with van der Waals surface area (Å²) in [5, 5.41) is 9.25. The maximum Gasteiger partial charge on any atom is 0.254 e. The second kappa shape index (κ2) is 9.28. The van der Waals surface area contributed by atoms with E-state index < -0.39 is 0 Å². The van der Waals surface area contributed by atoms with Crippen molar-refractivity contribution >= 4 is 23.5 Å². The highest BCUT2D eigenvalue weighted by Crippen LogP contribution is 2.24. The van der Waals surface area contributed by atoms with Gasteiger partial charge in [-0.15, -0.1) is 0 Å². The molecule has 1 aromatic carbocycles. The van der Waals surface area contributed by atoms with Gasteiger partial charge in [0.05, 0.1) is 13.2 Å². The number of nitrogens with two attached hydrogens (primary N) is 1. The predicted molar refractivity (Wildman–Crippen MR) is 104 cm³/mol. The largest absolute Gasteiger partial charge is 0.493 e. The second-order valence-electron chi connectivity index (χ2n) is 7.13. The van der Waals surface area contributed by atoms with E-state index in [9.17, 15) is 4.79 Å². The number of carbonyl (C=O) groups excluding carboxylic acids is 1. The van der Waals surface area contributed by atoms with Crippen molar-refractivity contribution in [3.05, 3.63) is 28.8 Å². The van der Waals surface area contributed by atoms with E-state index in [4.69, 9.17) is 32.3 Å². The molecule has 2 aliphatic rings. The number of hydrogen-bond donors (Lipinski definition) is 2. The van der Waals surface area contributed by atoms with Gasteiger partial charge in [-0.3, -0.25) is 15.0 Å². The fourth-order valence-corrected chi connectivity index (χ4v) is 3.63. The van der Waals surface area contributed by atoms with Crippen molar-refractivity contribution in [2.75, 3.05) is 32.8 Å². The summed E-state index contributed by atoms with van der Waals surface area (Å²) in [5.41, 5.74) is 5.98. The minimum atomic E-state index is -0.0825. The molecule has 2 fully saturated rings. The van der Waals surface area contributed by atoms with Crippen molar-refractivity contribution in [2.24, 2.45) is 11.7 Å². The van der Waals surface area contributed by atoms with Gasteiger partial charge >= 0.3 is 0 Å². The summed E-state index contributed by atoms with van der Waals surface area (Å²) in [4.78, 5) is 20.2. The number of ether oxygens (including phenoxy) is 1. The van der Waals surface area contributed by atoms with E-state index in [0.29, 0.717) is 36.1 Å². The molecular weight excluding hydrogens is 368 g/mol. The van der Waals surface area contributed by atoms with Crippen LogP contribution >= 0.6 is 11.6 Å². The monoisotopic (exact) mass is 394 g/mol. The Hall–Kier alpha value is -1.99. The van der Waals surface area contributed by atoms with Crippen LogP contribution in [0.4, 0.5) is 0 Å². The average Bonchev–Trinajstić information content (AvgIpc) is 2.95. The summed E-state index contributed by atoms with van der Waals surface area (Å²) in [6, 6.07) is 5.20. The summed E-state index contributed by atoms with van der Waals surface area (Å²) >= 11 is 6.22. The highest BCUT2D eigenvalue weighted by atomic mass is 35.5. The summed E-state index contributed by atoms with van der Waals surface area (Å²) < 4.78 is 5.89. The summed E-state index contributed by atoms with van der Waals surface area (Å²) in [7, 11) is 0. The Kier molecular flexibility index (Phi) is 6.79. The number of guanidine groups is 1. The first-order valence-corrected chi connectivity index (χ1v) is 9.88. The van der Waals surface area contributed by atoms with Gasteiger partial charge in [-0.1, -0.05) is 24.4 Å². The van der Waals surface area contributed by atoms with Gasteiger partial charge in [0.1, 0.15) is 5.75 Å². The van der Waals surface area contributed by atoms with Gasteiger partial charge in [-0.25, -0.2) is 5.06 Å². The lowest BCUT2D eigenvalue weighted by atomic mass is 10.1. The average molecular weight is 395 g/mol. The molecule has 0 spiro atoms. The fourth-order valence-electron chi connectivity index (χ4n) is 3.40. The molecule has 1 atom stereocenters. The number of benzene rings is 1. The van der Waals surface area contributed by atoms with Gasteiger partial charge in [0, 0.05) is 36.1 Å². The number of nitrogens with zero attached hydrogens (tertiary/aromatic N) is 2. The molecule has 7 nitrogen and oxygen atoms in total. The number of likely N-dealkylation sites (tertiary alicyclic amines) is 1. The molecule has 27 heavy (non-hydrogen) atoms. The van der Waals surface area contributed by atoms with E-state index in [1.807, 2.05) is 4.90 Å². The van der Waals surface area contributed by atoms with Gasteiger partial charge in [-0.2, -0.15) is 0 Å². The van der Waals surface area contributed by atoms with Gasteiger partial charge < -0.3 is 15.4 Å². The molecule has 2 saturated heterocycles. The van der Waals surface area contributed by atoms with Gasteiger partial charge in [0.25, 0.3) is 5.91 Å². The highest BCUT2D eigenvalue weighted by molar-refractivity contribution is 6.31. The standard InChI is InChI=1S/C19H27ClN4O3/c20-16-9-15(18(25)23-6-3-1-2-4-7-23)10-17(11-16)26-12-14-5-8-24(19(21)22)27-13-14/h9-11,14H,1-8,12-13H2,(H3,21,22). The first-order chi connectivity index (χ1) is 13.0. The van der Waals surface area contributed by atoms with Gasteiger partial charge in [0.2, 0.25) is 5.96 Å². The Balaban J connectivity index is 1.58. The minimum Gasteiger partial charge on any atom is -0.493 e. The number of nitrogens with one attached hydrogen (secondary N) is 1. The van der Waals surface area contributed by atoms with Crippen molar-refractivity contribution in [1.82, 2.24) is 9.96 Å². The van der Waals surface area contributed by atoms with E-state index in [1.165, 1.54) is 17.9 Å². The van der Waals surface area contributed by atoms with Crippen LogP contribution in [0.2, 0.25) is 5.02 Å². The first kappa shape index (κ1) is 19.8. The Labute approximate surface area is 164 Å². The summed E-state index contributed by atoms with van der Waals surface area (Å²) in [5.74, 6) is 0.724. The Morgan fingerprint density at radius 1 is 1.22 bits per heavy atom. The molecule has 1 aromatic rings. The fraction of sp³-hybridized carbons (Fsp3) is 0.579. The SMILES string of the molecule is N=C(N)N1CCC(COc2cc(Cl)cc(C(=O)N3CCCCCC3)c2)CO1. The van der Waals surface area contributed by atoms with Crippen LogP contribution in [-0.2, 0) is 4.84 Å². The van der Waals surface area contributed by atoms with Crippen molar-refractivity contribution in [3.8, 4) is 5.75 Å². The number of hydrogen-bond acceptors (Lipinski definition) is 4. The zero-order chi connectivity index (χ0) is 19.2. The zero-order valence-corrected chi connectivity index (χ0v) is 16.2. The number of hydroxylamine groups is 2. The van der Waals surface area contributed by atoms with Crippen LogP contribution in [0, 0.1) is 11.3 Å². The van der Waals surface area contributed by atoms with Crippen LogP contribution in [0.25, 0.3) is 0 Å². The summed E-state index contributed by atoms with van der Waals surface area (Å²) in [6.07, 6.45) is 5.28. The molecule has 2 aliphatic heterocycles. The van der Waals surface area contributed by atoms with E-state index >= 15 is 0 Å². The van der Waals surface area contributed by atoms with E-state index in [1.54, 1.807) is 18.2 Å². The second-order valence-corrected chi connectivity index (χ2v) is 7.57.